The van der Waals surface area contributed by atoms with Crippen molar-refractivity contribution in [2.45, 2.75) is 19.9 Å². The lowest BCUT2D eigenvalue weighted by Gasteiger charge is -2.32. The van der Waals surface area contributed by atoms with Gasteiger partial charge in [-0.3, -0.25) is 9.89 Å². The van der Waals surface area contributed by atoms with Gasteiger partial charge in [0.1, 0.15) is 5.69 Å². The Labute approximate surface area is 113 Å². The maximum Gasteiger partial charge on any atom is 0.327 e. The van der Waals surface area contributed by atoms with Crippen molar-refractivity contribution < 1.29 is 4.79 Å². The van der Waals surface area contributed by atoms with Crippen molar-refractivity contribution in [2.24, 2.45) is 10.9 Å². The van der Waals surface area contributed by atoms with E-state index in [0.717, 1.165) is 10.2 Å². The number of carbonyl (C=O) groups excluding carboxylic acids is 1. The molecule has 1 N–H and O–H groups in total. The van der Waals surface area contributed by atoms with Gasteiger partial charge in [0.15, 0.2) is 5.84 Å². The zero-order valence-corrected chi connectivity index (χ0v) is 11.7. The largest absolute Gasteiger partial charge is 0.327 e. The number of nitrogens with one attached hydrogen (secondary N) is 1. The van der Waals surface area contributed by atoms with Crippen LogP contribution in [0.15, 0.2) is 21.7 Å². The van der Waals surface area contributed by atoms with E-state index in [1.54, 1.807) is 11.1 Å². The molecular formula is C12H13BrN4O. The van der Waals surface area contributed by atoms with Crippen LogP contribution in [0.3, 0.4) is 0 Å². The minimum atomic E-state index is -0.114. The smallest absolute Gasteiger partial charge is 0.305 e. The summed E-state index contributed by atoms with van der Waals surface area (Å²) in [6.45, 7) is 4.85. The summed E-state index contributed by atoms with van der Waals surface area (Å²) in [5, 5.41) is 2.87. The van der Waals surface area contributed by atoms with E-state index < -0.39 is 0 Å². The fourth-order valence-electron chi connectivity index (χ4n) is 2.33. The molecule has 0 aromatic carbocycles. The highest BCUT2D eigenvalue weighted by atomic mass is 79.9. The van der Waals surface area contributed by atoms with E-state index >= 15 is 0 Å². The van der Waals surface area contributed by atoms with Crippen molar-refractivity contribution in [3.8, 4) is 0 Å². The SMILES string of the molecule is CC(C)C1CN=C2c3ncc(Br)cc3NC(=O)N21. The van der Waals surface area contributed by atoms with Crippen molar-refractivity contribution in [1.29, 1.82) is 0 Å². The summed E-state index contributed by atoms with van der Waals surface area (Å²) in [4.78, 5) is 22.7. The molecule has 0 aliphatic carbocycles. The Balaban J connectivity index is 2.07. The number of nitrogens with zero attached hydrogens (tertiary/aromatic N) is 3. The Hall–Kier alpha value is -1.43. The van der Waals surface area contributed by atoms with Crippen molar-refractivity contribution in [3.63, 3.8) is 0 Å². The molecule has 0 radical (unpaired) electrons. The van der Waals surface area contributed by atoms with E-state index in [-0.39, 0.29) is 12.1 Å². The molecule has 2 aliphatic heterocycles. The summed E-state index contributed by atoms with van der Waals surface area (Å²) in [6, 6.07) is 1.86. The summed E-state index contributed by atoms with van der Waals surface area (Å²) >= 11 is 3.35. The summed E-state index contributed by atoms with van der Waals surface area (Å²) in [5.41, 5.74) is 1.47. The van der Waals surface area contributed by atoms with Crippen molar-refractivity contribution >= 4 is 33.5 Å². The number of amides is 2. The van der Waals surface area contributed by atoms with Crippen LogP contribution >= 0.6 is 15.9 Å². The van der Waals surface area contributed by atoms with Crippen LogP contribution in [0, 0.1) is 5.92 Å². The van der Waals surface area contributed by atoms with Gasteiger partial charge in [-0.15, -0.1) is 0 Å². The van der Waals surface area contributed by atoms with E-state index in [9.17, 15) is 4.79 Å². The lowest BCUT2D eigenvalue weighted by Crippen LogP contribution is -2.49. The minimum Gasteiger partial charge on any atom is -0.305 e. The van der Waals surface area contributed by atoms with Gasteiger partial charge in [0.2, 0.25) is 0 Å². The van der Waals surface area contributed by atoms with Gasteiger partial charge in [0.25, 0.3) is 0 Å². The molecule has 3 rings (SSSR count). The van der Waals surface area contributed by atoms with Crippen LogP contribution in [0.25, 0.3) is 0 Å². The normalized spacial score (nSPS) is 21.6. The molecule has 1 atom stereocenters. The third-order valence-electron chi connectivity index (χ3n) is 3.28. The highest BCUT2D eigenvalue weighted by Gasteiger charge is 2.40. The first-order valence-corrected chi connectivity index (χ1v) is 6.68. The lowest BCUT2D eigenvalue weighted by atomic mass is 10.0. The van der Waals surface area contributed by atoms with Crippen LogP contribution in [0.5, 0.6) is 0 Å². The van der Waals surface area contributed by atoms with Crippen LogP contribution in [0.1, 0.15) is 19.5 Å². The fourth-order valence-corrected chi connectivity index (χ4v) is 2.66. The number of urea groups is 1. The van der Waals surface area contributed by atoms with Gasteiger partial charge in [-0.2, -0.15) is 0 Å². The zero-order chi connectivity index (χ0) is 12.9. The number of hydrogen-bond acceptors (Lipinski definition) is 3. The first-order valence-electron chi connectivity index (χ1n) is 5.88. The average molecular weight is 309 g/mol. The number of anilines is 1. The number of fused-ring (bicyclic) bond motifs is 3. The minimum absolute atomic E-state index is 0.114. The molecule has 6 heteroatoms. The third-order valence-corrected chi connectivity index (χ3v) is 3.72. The summed E-state index contributed by atoms with van der Waals surface area (Å²) in [5.74, 6) is 1.06. The highest BCUT2D eigenvalue weighted by Crippen LogP contribution is 2.30. The van der Waals surface area contributed by atoms with Crippen molar-refractivity contribution in [3.05, 3.63) is 22.4 Å². The summed E-state index contributed by atoms with van der Waals surface area (Å²) in [6.07, 6.45) is 1.72. The maximum atomic E-state index is 12.2. The molecule has 3 heterocycles. The number of hydrogen-bond donors (Lipinski definition) is 1. The number of amidine groups is 1. The number of pyridine rings is 1. The molecule has 5 nitrogen and oxygen atoms in total. The van der Waals surface area contributed by atoms with Crippen LogP contribution in [0.2, 0.25) is 0 Å². The van der Waals surface area contributed by atoms with Gasteiger partial charge in [0, 0.05) is 10.7 Å². The van der Waals surface area contributed by atoms with Crippen LogP contribution in [0.4, 0.5) is 10.5 Å². The summed E-state index contributed by atoms with van der Waals surface area (Å²) in [7, 11) is 0. The molecule has 0 fully saturated rings. The molecule has 1 aromatic rings. The number of carbonyl (C=O) groups is 1. The second-order valence-electron chi connectivity index (χ2n) is 4.83. The molecular weight excluding hydrogens is 296 g/mol. The molecule has 1 aromatic heterocycles. The first kappa shape index (κ1) is 11.6. The van der Waals surface area contributed by atoms with Crippen LogP contribution < -0.4 is 5.32 Å². The molecule has 0 saturated carbocycles. The molecule has 1 unspecified atom stereocenters. The standard InChI is InChI=1S/C12H13BrN4O/c1-6(2)9-5-15-11-10-8(3-7(13)4-14-10)16-12(18)17(9)11/h3-4,6,9H,5H2,1-2H3,(H,16,18). The molecule has 18 heavy (non-hydrogen) atoms. The van der Waals surface area contributed by atoms with E-state index in [0.29, 0.717) is 24.0 Å². The van der Waals surface area contributed by atoms with Gasteiger partial charge in [-0.1, -0.05) is 13.8 Å². The third kappa shape index (κ3) is 1.63. The van der Waals surface area contributed by atoms with Gasteiger partial charge in [-0.05, 0) is 27.9 Å². The van der Waals surface area contributed by atoms with Crippen molar-refractivity contribution in [1.82, 2.24) is 9.88 Å². The topological polar surface area (TPSA) is 57.6 Å². The summed E-state index contributed by atoms with van der Waals surface area (Å²) < 4.78 is 0.842. The lowest BCUT2D eigenvalue weighted by molar-refractivity contribution is 0.215. The highest BCUT2D eigenvalue weighted by molar-refractivity contribution is 9.10. The Kier molecular flexibility index (Phi) is 2.62. The van der Waals surface area contributed by atoms with Gasteiger partial charge in [-0.25, -0.2) is 9.78 Å². The van der Waals surface area contributed by atoms with E-state index in [4.69, 9.17) is 0 Å². The predicted octanol–water partition coefficient (Wildman–Crippen LogP) is 2.48. The monoisotopic (exact) mass is 308 g/mol. The Morgan fingerprint density at radius 2 is 2.33 bits per heavy atom. The van der Waals surface area contributed by atoms with Gasteiger partial charge in [0.05, 0.1) is 18.3 Å². The zero-order valence-electron chi connectivity index (χ0n) is 10.1. The quantitative estimate of drug-likeness (QED) is 0.866. The molecule has 0 spiro atoms. The second kappa shape index (κ2) is 4.05. The Bertz CT molecular complexity index is 555. The number of aliphatic imine (C=N–C) groups is 1. The molecule has 0 bridgehead atoms. The van der Waals surface area contributed by atoms with E-state index in [1.807, 2.05) is 6.07 Å². The molecule has 2 aliphatic rings. The number of halogens is 1. The van der Waals surface area contributed by atoms with E-state index in [1.165, 1.54) is 0 Å². The first-order chi connectivity index (χ1) is 8.58. The Morgan fingerprint density at radius 1 is 1.56 bits per heavy atom. The second-order valence-corrected chi connectivity index (χ2v) is 5.74. The van der Waals surface area contributed by atoms with Crippen molar-refractivity contribution in [2.75, 3.05) is 11.9 Å². The predicted molar refractivity (Wildman–Crippen MR) is 72.8 cm³/mol. The van der Waals surface area contributed by atoms with Gasteiger partial charge < -0.3 is 5.32 Å². The number of rotatable bonds is 1. The van der Waals surface area contributed by atoms with Crippen LogP contribution in [-0.4, -0.2) is 34.3 Å². The molecule has 2 amide bonds. The van der Waals surface area contributed by atoms with E-state index in [2.05, 4.69) is 45.1 Å². The van der Waals surface area contributed by atoms with Gasteiger partial charge >= 0.3 is 6.03 Å². The number of aromatic nitrogens is 1. The molecule has 94 valence electrons. The maximum absolute atomic E-state index is 12.2. The Morgan fingerprint density at radius 3 is 3.06 bits per heavy atom. The average Bonchev–Trinajstić information content (AvgIpc) is 2.73. The molecule has 0 saturated heterocycles. The fraction of sp³-hybridized carbons (Fsp3) is 0.417. The van der Waals surface area contributed by atoms with Crippen LogP contribution in [-0.2, 0) is 0 Å².